The molecule has 0 atom stereocenters. The Balaban J connectivity index is 1.29. The maximum absolute atomic E-state index is 12.9. The van der Waals surface area contributed by atoms with Gasteiger partial charge in [-0.25, -0.2) is 4.85 Å². The second kappa shape index (κ2) is 12.7. The SMILES string of the molecule is [C-]#[N+]c1ccc(OCC(=O)N2CCC(CCc3cccc(OC(F)F)c3)CC2)c(-c2ccc(C#N)cc2)c1. The van der Waals surface area contributed by atoms with Crippen molar-refractivity contribution in [1.29, 1.82) is 5.26 Å². The maximum atomic E-state index is 12.9. The molecule has 38 heavy (non-hydrogen) atoms. The van der Waals surface area contributed by atoms with Crippen LogP contribution in [0.3, 0.4) is 0 Å². The summed E-state index contributed by atoms with van der Waals surface area (Å²) >= 11 is 0. The van der Waals surface area contributed by atoms with Gasteiger partial charge in [0.1, 0.15) is 11.5 Å². The van der Waals surface area contributed by atoms with Gasteiger partial charge in [-0.05, 0) is 79.1 Å². The molecule has 3 aromatic carbocycles. The monoisotopic (exact) mass is 515 g/mol. The Morgan fingerprint density at radius 3 is 2.55 bits per heavy atom. The summed E-state index contributed by atoms with van der Waals surface area (Å²) in [4.78, 5) is 18.2. The lowest BCUT2D eigenvalue weighted by Gasteiger charge is -2.32. The molecule has 0 aromatic heterocycles. The number of likely N-dealkylation sites (tertiary alicyclic amines) is 1. The van der Waals surface area contributed by atoms with Crippen LogP contribution in [-0.2, 0) is 11.2 Å². The molecule has 0 N–H and O–H groups in total. The average molecular weight is 516 g/mol. The van der Waals surface area contributed by atoms with Gasteiger partial charge in [-0.1, -0.05) is 30.3 Å². The fourth-order valence-corrected chi connectivity index (χ4v) is 4.61. The molecule has 8 heteroatoms. The average Bonchev–Trinajstić information content (AvgIpc) is 2.95. The normalized spacial score (nSPS) is 13.6. The highest BCUT2D eigenvalue weighted by Gasteiger charge is 2.23. The Morgan fingerprint density at radius 1 is 1.11 bits per heavy atom. The second-order valence-corrected chi connectivity index (χ2v) is 9.16. The lowest BCUT2D eigenvalue weighted by molar-refractivity contribution is -0.134. The van der Waals surface area contributed by atoms with E-state index in [2.05, 4.69) is 15.7 Å². The van der Waals surface area contributed by atoms with E-state index in [9.17, 15) is 13.6 Å². The van der Waals surface area contributed by atoms with Gasteiger partial charge in [0, 0.05) is 18.7 Å². The van der Waals surface area contributed by atoms with Gasteiger partial charge in [0.2, 0.25) is 0 Å². The van der Waals surface area contributed by atoms with Gasteiger partial charge in [0.15, 0.2) is 12.3 Å². The molecule has 1 heterocycles. The highest BCUT2D eigenvalue weighted by Crippen LogP contribution is 2.34. The van der Waals surface area contributed by atoms with Crippen molar-refractivity contribution >= 4 is 11.6 Å². The first-order chi connectivity index (χ1) is 18.4. The van der Waals surface area contributed by atoms with Gasteiger partial charge in [0.05, 0.1) is 18.2 Å². The molecule has 194 valence electrons. The van der Waals surface area contributed by atoms with E-state index >= 15 is 0 Å². The lowest BCUT2D eigenvalue weighted by Crippen LogP contribution is -2.41. The summed E-state index contributed by atoms with van der Waals surface area (Å²) < 4.78 is 35.3. The van der Waals surface area contributed by atoms with Crippen molar-refractivity contribution in [3.8, 4) is 28.7 Å². The first-order valence-electron chi connectivity index (χ1n) is 12.4. The summed E-state index contributed by atoms with van der Waals surface area (Å²) in [6, 6.07) is 20.9. The number of hydrogen-bond donors (Lipinski definition) is 0. The zero-order valence-corrected chi connectivity index (χ0v) is 20.8. The zero-order chi connectivity index (χ0) is 26.9. The van der Waals surface area contributed by atoms with Gasteiger partial charge in [-0.15, -0.1) is 0 Å². The summed E-state index contributed by atoms with van der Waals surface area (Å²) in [6.45, 7) is 5.65. The molecular formula is C30H27F2N3O3. The van der Waals surface area contributed by atoms with Crippen molar-refractivity contribution in [2.24, 2.45) is 5.92 Å². The van der Waals surface area contributed by atoms with Gasteiger partial charge in [0.25, 0.3) is 5.91 Å². The molecule has 0 radical (unpaired) electrons. The maximum Gasteiger partial charge on any atom is 0.387 e. The van der Waals surface area contributed by atoms with Crippen LogP contribution in [0.25, 0.3) is 16.0 Å². The molecular weight excluding hydrogens is 488 g/mol. The minimum atomic E-state index is -2.84. The Labute approximate surface area is 220 Å². The summed E-state index contributed by atoms with van der Waals surface area (Å²) in [5, 5.41) is 9.06. The predicted molar refractivity (Wildman–Crippen MR) is 139 cm³/mol. The Bertz CT molecular complexity index is 1340. The number of halogens is 2. The molecule has 1 aliphatic heterocycles. The quantitative estimate of drug-likeness (QED) is 0.300. The molecule has 0 unspecified atom stereocenters. The smallest absolute Gasteiger partial charge is 0.387 e. The molecule has 0 spiro atoms. The second-order valence-electron chi connectivity index (χ2n) is 9.16. The fraction of sp³-hybridized carbons (Fsp3) is 0.300. The van der Waals surface area contributed by atoms with Crippen LogP contribution in [0.2, 0.25) is 0 Å². The molecule has 6 nitrogen and oxygen atoms in total. The van der Waals surface area contributed by atoms with E-state index in [0.29, 0.717) is 41.6 Å². The van der Waals surface area contributed by atoms with Crippen LogP contribution < -0.4 is 9.47 Å². The number of carbonyl (C=O) groups is 1. The highest BCUT2D eigenvalue weighted by molar-refractivity contribution is 5.79. The molecule has 1 saturated heterocycles. The Morgan fingerprint density at radius 2 is 1.87 bits per heavy atom. The number of nitriles is 1. The number of benzene rings is 3. The van der Waals surface area contributed by atoms with Gasteiger partial charge in [-0.3, -0.25) is 4.79 Å². The predicted octanol–water partition coefficient (Wildman–Crippen LogP) is 6.63. The topological polar surface area (TPSA) is 66.9 Å². The van der Waals surface area contributed by atoms with E-state index < -0.39 is 6.61 Å². The van der Waals surface area contributed by atoms with E-state index in [-0.39, 0.29) is 18.3 Å². The Kier molecular flexibility index (Phi) is 8.89. The minimum absolute atomic E-state index is 0.0969. The van der Waals surface area contributed by atoms with Crippen molar-refractivity contribution in [1.82, 2.24) is 4.90 Å². The van der Waals surface area contributed by atoms with Crippen LogP contribution in [-0.4, -0.2) is 37.1 Å². The fourth-order valence-electron chi connectivity index (χ4n) is 4.61. The molecule has 1 amide bonds. The third-order valence-corrected chi connectivity index (χ3v) is 6.70. The third kappa shape index (κ3) is 7.08. The summed E-state index contributed by atoms with van der Waals surface area (Å²) in [6.07, 6.45) is 3.42. The number of aryl methyl sites for hydroxylation is 1. The van der Waals surface area contributed by atoms with Crippen LogP contribution in [0.5, 0.6) is 11.5 Å². The molecule has 1 aliphatic rings. The van der Waals surface area contributed by atoms with Crippen LogP contribution in [0.4, 0.5) is 14.5 Å². The molecule has 3 aromatic rings. The van der Waals surface area contributed by atoms with E-state index in [1.54, 1.807) is 54.6 Å². The summed E-state index contributed by atoms with van der Waals surface area (Å²) in [7, 11) is 0. The largest absolute Gasteiger partial charge is 0.483 e. The lowest BCUT2D eigenvalue weighted by atomic mass is 9.90. The standard InChI is InChI=1S/C30H27F2N3O3/c1-34-25-11-12-28(27(18-25)24-9-7-23(19-33)8-10-24)37-20-29(36)35-15-13-21(14-16-35)5-6-22-3-2-4-26(17-22)38-30(31)32/h2-4,7-12,17-18,21,30H,5-6,13-16,20H2. The first kappa shape index (κ1) is 26.6. The van der Waals surface area contributed by atoms with Crippen LogP contribution in [0.15, 0.2) is 66.7 Å². The van der Waals surface area contributed by atoms with Crippen molar-refractivity contribution < 1.29 is 23.0 Å². The number of alkyl halides is 2. The highest BCUT2D eigenvalue weighted by atomic mass is 19.3. The van der Waals surface area contributed by atoms with Crippen molar-refractivity contribution in [3.63, 3.8) is 0 Å². The molecule has 4 rings (SSSR count). The number of ether oxygens (including phenoxy) is 2. The Hall–Kier alpha value is -4.43. The molecule has 0 aliphatic carbocycles. The van der Waals surface area contributed by atoms with E-state index in [1.165, 1.54) is 6.07 Å². The minimum Gasteiger partial charge on any atom is -0.483 e. The number of hydrogen-bond acceptors (Lipinski definition) is 4. The summed E-state index contributed by atoms with van der Waals surface area (Å²) in [5.74, 6) is 1.02. The van der Waals surface area contributed by atoms with E-state index in [0.717, 1.165) is 36.8 Å². The molecule has 0 bridgehead atoms. The number of nitrogens with zero attached hydrogens (tertiary/aromatic N) is 3. The van der Waals surface area contributed by atoms with Crippen LogP contribution in [0.1, 0.15) is 30.4 Å². The van der Waals surface area contributed by atoms with Gasteiger partial charge < -0.3 is 14.4 Å². The molecule has 1 fully saturated rings. The first-order valence-corrected chi connectivity index (χ1v) is 12.4. The van der Waals surface area contributed by atoms with Crippen molar-refractivity contribution in [3.05, 3.63) is 89.3 Å². The van der Waals surface area contributed by atoms with Gasteiger partial charge >= 0.3 is 6.61 Å². The van der Waals surface area contributed by atoms with Crippen molar-refractivity contribution in [2.45, 2.75) is 32.3 Å². The molecule has 0 saturated carbocycles. The third-order valence-electron chi connectivity index (χ3n) is 6.70. The number of amides is 1. The van der Waals surface area contributed by atoms with Crippen molar-refractivity contribution in [2.75, 3.05) is 19.7 Å². The van der Waals surface area contributed by atoms with Gasteiger partial charge in [-0.2, -0.15) is 14.0 Å². The number of piperidine rings is 1. The summed E-state index contributed by atoms with van der Waals surface area (Å²) in [5.41, 5.74) is 3.43. The van der Waals surface area contributed by atoms with E-state index in [4.69, 9.17) is 16.6 Å². The van der Waals surface area contributed by atoms with Crippen LogP contribution in [0, 0.1) is 23.8 Å². The zero-order valence-electron chi connectivity index (χ0n) is 20.8. The van der Waals surface area contributed by atoms with Crippen LogP contribution >= 0.6 is 0 Å². The number of carbonyl (C=O) groups excluding carboxylic acids is 1. The van der Waals surface area contributed by atoms with E-state index in [1.807, 2.05) is 11.0 Å². The number of rotatable bonds is 9.